The molecule has 3 rings (SSSR count). The zero-order valence-electron chi connectivity index (χ0n) is 11.2. The highest BCUT2D eigenvalue weighted by Crippen LogP contribution is 2.39. The molecule has 1 aromatic carbocycles. The first-order valence-corrected chi connectivity index (χ1v) is 7.39. The van der Waals surface area contributed by atoms with Crippen LogP contribution < -0.4 is 5.32 Å². The highest BCUT2D eigenvalue weighted by atomic mass is 19.1. The van der Waals surface area contributed by atoms with Crippen LogP contribution in [0.15, 0.2) is 24.3 Å². The van der Waals surface area contributed by atoms with Crippen molar-refractivity contribution >= 4 is 0 Å². The van der Waals surface area contributed by atoms with E-state index in [1.54, 1.807) is 12.1 Å². The number of aliphatic hydroxyl groups is 1. The van der Waals surface area contributed by atoms with E-state index < -0.39 is 0 Å². The van der Waals surface area contributed by atoms with Crippen LogP contribution in [0, 0.1) is 11.7 Å². The summed E-state index contributed by atoms with van der Waals surface area (Å²) in [4.78, 5) is 0. The molecular formula is C16H22FNO. The zero-order valence-corrected chi connectivity index (χ0v) is 11.2. The number of aliphatic hydroxyl groups excluding tert-OH is 1. The van der Waals surface area contributed by atoms with Gasteiger partial charge in [-0.3, -0.25) is 0 Å². The minimum Gasteiger partial charge on any atom is -0.396 e. The van der Waals surface area contributed by atoms with E-state index in [4.69, 9.17) is 0 Å². The van der Waals surface area contributed by atoms with Crippen LogP contribution in [0.4, 0.5) is 4.39 Å². The van der Waals surface area contributed by atoms with Gasteiger partial charge in [-0.2, -0.15) is 0 Å². The molecule has 0 bridgehead atoms. The van der Waals surface area contributed by atoms with Gasteiger partial charge >= 0.3 is 0 Å². The molecule has 2 N–H and O–H groups in total. The molecule has 2 fully saturated rings. The van der Waals surface area contributed by atoms with Crippen molar-refractivity contribution in [2.75, 3.05) is 6.61 Å². The molecule has 2 nitrogen and oxygen atoms in total. The van der Waals surface area contributed by atoms with Gasteiger partial charge in [-0.15, -0.1) is 0 Å². The van der Waals surface area contributed by atoms with Gasteiger partial charge < -0.3 is 10.4 Å². The number of halogens is 1. The average Bonchev–Trinajstić information content (AvgIpc) is 2.82. The molecule has 3 heteroatoms. The van der Waals surface area contributed by atoms with Crippen molar-refractivity contribution in [3.8, 4) is 0 Å². The lowest BCUT2D eigenvalue weighted by molar-refractivity contribution is 0.179. The number of hydrogen-bond donors (Lipinski definition) is 2. The van der Waals surface area contributed by atoms with Crippen molar-refractivity contribution in [3.05, 3.63) is 35.6 Å². The highest BCUT2D eigenvalue weighted by molar-refractivity contribution is 5.24. The fraction of sp³-hybridized carbons (Fsp3) is 0.625. The highest BCUT2D eigenvalue weighted by Gasteiger charge is 2.35. The fourth-order valence-electron chi connectivity index (χ4n) is 3.59. The largest absolute Gasteiger partial charge is 0.396 e. The van der Waals surface area contributed by atoms with E-state index in [2.05, 4.69) is 5.32 Å². The van der Waals surface area contributed by atoms with Gasteiger partial charge in [0.15, 0.2) is 0 Å². The zero-order chi connectivity index (χ0) is 13.2. The molecule has 2 aliphatic rings. The molecule has 0 aliphatic heterocycles. The predicted octanol–water partition coefficient (Wildman–Crippen LogP) is 2.82. The summed E-state index contributed by atoms with van der Waals surface area (Å²) >= 11 is 0. The smallest absolute Gasteiger partial charge is 0.126 e. The van der Waals surface area contributed by atoms with Crippen LogP contribution in [0.3, 0.4) is 0 Å². The maximum Gasteiger partial charge on any atom is 0.126 e. The van der Waals surface area contributed by atoms with E-state index in [9.17, 15) is 9.50 Å². The molecule has 2 aliphatic carbocycles. The monoisotopic (exact) mass is 263 g/mol. The Morgan fingerprint density at radius 3 is 2.74 bits per heavy atom. The van der Waals surface area contributed by atoms with E-state index in [0.29, 0.717) is 30.5 Å². The Morgan fingerprint density at radius 2 is 2.00 bits per heavy atom. The summed E-state index contributed by atoms with van der Waals surface area (Å²) in [6.45, 7) is 0.293. The molecule has 2 unspecified atom stereocenters. The fourth-order valence-corrected chi connectivity index (χ4v) is 3.59. The maximum atomic E-state index is 13.7. The van der Waals surface area contributed by atoms with Crippen molar-refractivity contribution in [2.45, 2.75) is 50.1 Å². The van der Waals surface area contributed by atoms with Gasteiger partial charge in [0.25, 0.3) is 0 Å². The quantitative estimate of drug-likeness (QED) is 0.875. The minimum atomic E-state index is -0.0694. The summed E-state index contributed by atoms with van der Waals surface area (Å²) in [5.41, 5.74) is 0.866. The van der Waals surface area contributed by atoms with Gasteiger partial charge in [0.05, 0.1) is 0 Å². The van der Waals surface area contributed by atoms with Crippen LogP contribution in [0.2, 0.25) is 0 Å². The SMILES string of the molecule is OCC1CCCC1NC1CC(c2ccccc2F)C1. The first kappa shape index (κ1) is 13.1. The second-order valence-corrected chi connectivity index (χ2v) is 6.03. The lowest BCUT2D eigenvalue weighted by atomic mass is 9.75. The summed E-state index contributed by atoms with van der Waals surface area (Å²) in [5.74, 6) is 0.722. The van der Waals surface area contributed by atoms with Crippen molar-refractivity contribution in [1.82, 2.24) is 5.32 Å². The van der Waals surface area contributed by atoms with Gasteiger partial charge in [-0.05, 0) is 49.1 Å². The summed E-state index contributed by atoms with van der Waals surface area (Å²) in [7, 11) is 0. The van der Waals surface area contributed by atoms with Crippen LogP contribution in [0.25, 0.3) is 0 Å². The minimum absolute atomic E-state index is 0.0694. The number of rotatable bonds is 4. The molecule has 0 saturated heterocycles. The van der Waals surface area contributed by atoms with Crippen LogP contribution in [0.1, 0.15) is 43.6 Å². The molecule has 0 heterocycles. The van der Waals surface area contributed by atoms with E-state index in [1.165, 1.54) is 12.8 Å². The first-order valence-electron chi connectivity index (χ1n) is 7.39. The first-order chi connectivity index (χ1) is 9.28. The van der Waals surface area contributed by atoms with Crippen LogP contribution in [-0.4, -0.2) is 23.8 Å². The number of nitrogens with one attached hydrogen (secondary N) is 1. The Morgan fingerprint density at radius 1 is 1.21 bits per heavy atom. The molecular weight excluding hydrogens is 241 g/mol. The Bertz CT molecular complexity index is 431. The summed E-state index contributed by atoms with van der Waals surface area (Å²) < 4.78 is 13.7. The van der Waals surface area contributed by atoms with Crippen molar-refractivity contribution < 1.29 is 9.50 Å². The lowest BCUT2D eigenvalue weighted by Crippen LogP contribution is -2.47. The number of hydrogen-bond acceptors (Lipinski definition) is 2. The summed E-state index contributed by atoms with van der Waals surface area (Å²) in [6.07, 6.45) is 5.57. The van der Waals surface area contributed by atoms with Crippen molar-refractivity contribution in [2.24, 2.45) is 5.92 Å². The standard InChI is InChI=1S/C16H22FNO/c17-15-6-2-1-5-14(15)12-8-13(9-12)18-16-7-3-4-11(16)10-19/h1-2,5-6,11-13,16,18-19H,3-4,7-10H2. The third kappa shape index (κ3) is 2.67. The van der Waals surface area contributed by atoms with E-state index in [1.807, 2.05) is 12.1 Å². The van der Waals surface area contributed by atoms with Crippen LogP contribution in [0.5, 0.6) is 0 Å². The van der Waals surface area contributed by atoms with Gasteiger partial charge in [0.2, 0.25) is 0 Å². The molecule has 0 radical (unpaired) electrons. The molecule has 1 aromatic rings. The van der Waals surface area contributed by atoms with Gasteiger partial charge in [-0.25, -0.2) is 4.39 Å². The van der Waals surface area contributed by atoms with E-state index in [-0.39, 0.29) is 5.82 Å². The predicted molar refractivity (Wildman–Crippen MR) is 73.5 cm³/mol. The Labute approximate surface area is 114 Å². The second-order valence-electron chi connectivity index (χ2n) is 6.03. The van der Waals surface area contributed by atoms with E-state index in [0.717, 1.165) is 24.8 Å². The summed E-state index contributed by atoms with van der Waals surface area (Å²) in [6, 6.07) is 8.09. The van der Waals surface area contributed by atoms with Gasteiger partial charge in [-0.1, -0.05) is 24.6 Å². The topological polar surface area (TPSA) is 32.3 Å². The maximum absolute atomic E-state index is 13.7. The molecule has 2 atom stereocenters. The van der Waals surface area contributed by atoms with Crippen LogP contribution >= 0.6 is 0 Å². The Hall–Kier alpha value is -0.930. The third-order valence-electron chi connectivity index (χ3n) is 4.83. The molecule has 19 heavy (non-hydrogen) atoms. The molecule has 0 aromatic heterocycles. The van der Waals surface area contributed by atoms with Crippen LogP contribution in [-0.2, 0) is 0 Å². The average molecular weight is 263 g/mol. The lowest BCUT2D eigenvalue weighted by Gasteiger charge is -2.39. The normalized spacial score (nSPS) is 34.2. The second kappa shape index (κ2) is 5.59. The van der Waals surface area contributed by atoms with Gasteiger partial charge in [0.1, 0.15) is 5.82 Å². The van der Waals surface area contributed by atoms with Gasteiger partial charge in [0, 0.05) is 18.7 Å². The number of benzene rings is 1. The third-order valence-corrected chi connectivity index (χ3v) is 4.83. The Kier molecular flexibility index (Phi) is 3.85. The molecule has 2 saturated carbocycles. The van der Waals surface area contributed by atoms with Crippen molar-refractivity contribution in [1.29, 1.82) is 0 Å². The van der Waals surface area contributed by atoms with Crippen molar-refractivity contribution in [3.63, 3.8) is 0 Å². The Balaban J connectivity index is 1.52. The summed E-state index contributed by atoms with van der Waals surface area (Å²) in [5, 5.41) is 13.0. The van der Waals surface area contributed by atoms with E-state index >= 15 is 0 Å². The molecule has 104 valence electrons. The molecule has 0 amide bonds. The molecule has 0 spiro atoms.